The van der Waals surface area contributed by atoms with Gasteiger partial charge in [-0.1, -0.05) is 24.3 Å². The third-order valence-corrected chi connectivity index (χ3v) is 8.54. The summed E-state index contributed by atoms with van der Waals surface area (Å²) in [6, 6.07) is 22.5. The summed E-state index contributed by atoms with van der Waals surface area (Å²) in [4.78, 5) is 15.1. The first-order valence-electron chi connectivity index (χ1n) is 12.3. The largest absolute Gasteiger partial charge is 0.384 e. The number of rotatable bonds is 3. The molecule has 1 unspecified atom stereocenters. The number of hydrogen-bond donors (Lipinski definition) is 2. The van der Waals surface area contributed by atoms with Crippen LogP contribution < -0.4 is 15.8 Å². The summed E-state index contributed by atoms with van der Waals surface area (Å²) in [6.45, 7) is 0. The molecule has 4 aromatic rings. The lowest BCUT2D eigenvalue weighted by Gasteiger charge is -2.39. The van der Waals surface area contributed by atoms with Crippen molar-refractivity contribution in [1.82, 2.24) is 4.57 Å². The summed E-state index contributed by atoms with van der Waals surface area (Å²) in [6.07, 6.45) is 1.65. The molecule has 0 saturated carbocycles. The van der Waals surface area contributed by atoms with Crippen molar-refractivity contribution in [2.24, 2.45) is 17.9 Å². The zero-order valence-electron chi connectivity index (χ0n) is 20.7. The Bertz CT molecular complexity index is 1880. The molecule has 0 saturated heterocycles. The number of anilines is 1. The second kappa shape index (κ2) is 8.58. The highest BCUT2D eigenvalue weighted by molar-refractivity contribution is 7.89. The van der Waals surface area contributed by atoms with Crippen molar-refractivity contribution in [3.63, 3.8) is 0 Å². The number of carbonyl (C=O) groups is 1. The van der Waals surface area contributed by atoms with E-state index in [0.29, 0.717) is 30.5 Å². The number of nitriles is 1. The summed E-state index contributed by atoms with van der Waals surface area (Å²) in [5.41, 5.74) is 11.8. The van der Waals surface area contributed by atoms with Crippen molar-refractivity contribution < 1.29 is 13.2 Å². The molecule has 8 nitrogen and oxygen atoms in total. The van der Waals surface area contributed by atoms with E-state index in [1.165, 1.54) is 12.1 Å². The fourth-order valence-electron chi connectivity index (χ4n) is 5.86. The van der Waals surface area contributed by atoms with Gasteiger partial charge in [-0.15, -0.1) is 0 Å². The van der Waals surface area contributed by atoms with Crippen LogP contribution in [0.25, 0.3) is 21.8 Å². The Morgan fingerprint density at radius 1 is 0.974 bits per heavy atom. The van der Waals surface area contributed by atoms with Crippen LogP contribution in [0.4, 0.5) is 5.69 Å². The second-order valence-corrected chi connectivity index (χ2v) is 11.3. The number of aryl methyl sites for hydroxylation is 1. The van der Waals surface area contributed by atoms with Gasteiger partial charge in [-0.3, -0.25) is 9.69 Å². The Kier molecular flexibility index (Phi) is 5.42. The molecule has 2 heterocycles. The fourth-order valence-corrected chi connectivity index (χ4v) is 6.38. The highest BCUT2D eigenvalue weighted by Gasteiger charge is 2.40. The number of ketones is 1. The van der Waals surface area contributed by atoms with Gasteiger partial charge in [0.1, 0.15) is 5.82 Å². The molecular formula is C29H25N5O3S. The number of fused-ring (bicyclic) bond motifs is 3. The second-order valence-electron chi connectivity index (χ2n) is 9.71. The normalized spacial score (nSPS) is 18.3. The minimum atomic E-state index is -3.87. The minimum Gasteiger partial charge on any atom is -0.384 e. The van der Waals surface area contributed by atoms with Crippen LogP contribution >= 0.6 is 0 Å². The highest BCUT2D eigenvalue weighted by atomic mass is 32.2. The summed E-state index contributed by atoms with van der Waals surface area (Å²) in [5.74, 6) is -0.376. The van der Waals surface area contributed by atoms with Crippen molar-refractivity contribution in [3.8, 4) is 6.07 Å². The van der Waals surface area contributed by atoms with Crippen molar-refractivity contribution in [3.05, 3.63) is 95.0 Å². The van der Waals surface area contributed by atoms with Crippen LogP contribution in [0.2, 0.25) is 0 Å². The maximum atomic E-state index is 13.5. The molecular weight excluding hydrogens is 498 g/mol. The Hall–Kier alpha value is -4.39. The van der Waals surface area contributed by atoms with Gasteiger partial charge in [-0.25, -0.2) is 13.6 Å². The number of carbonyl (C=O) groups excluding carboxylic acids is 1. The monoisotopic (exact) mass is 523 g/mol. The Labute approximate surface area is 220 Å². The van der Waals surface area contributed by atoms with E-state index in [-0.39, 0.29) is 22.1 Å². The van der Waals surface area contributed by atoms with Gasteiger partial charge in [0.15, 0.2) is 5.78 Å². The maximum absolute atomic E-state index is 13.5. The SMILES string of the molecule is Cn1c2ccccc2c2cc(C3C(C#N)=C(N)N(c4ccc(S(N)(=O)=O)cc4)C4=C3C(=O)CCC4)ccc21. The van der Waals surface area contributed by atoms with Crippen molar-refractivity contribution in [1.29, 1.82) is 5.26 Å². The van der Waals surface area contributed by atoms with Gasteiger partial charge in [-0.2, -0.15) is 5.26 Å². The minimum absolute atomic E-state index is 0.0133. The molecule has 0 radical (unpaired) electrons. The number of aromatic nitrogens is 1. The first-order valence-corrected chi connectivity index (χ1v) is 13.8. The van der Waals surface area contributed by atoms with Crippen LogP contribution in [0.15, 0.2) is 94.3 Å². The quantitative estimate of drug-likeness (QED) is 0.411. The van der Waals surface area contributed by atoms with Crippen LogP contribution in [-0.4, -0.2) is 18.8 Å². The molecule has 1 aliphatic heterocycles. The maximum Gasteiger partial charge on any atom is 0.238 e. The molecule has 1 aliphatic carbocycles. The number of primary sulfonamides is 1. The lowest BCUT2D eigenvalue weighted by atomic mass is 9.75. The van der Waals surface area contributed by atoms with Gasteiger partial charge in [0.2, 0.25) is 10.0 Å². The molecule has 6 rings (SSSR count). The van der Waals surface area contributed by atoms with Crippen LogP contribution in [0.1, 0.15) is 30.7 Å². The number of sulfonamides is 1. The molecule has 1 aromatic heterocycles. The zero-order valence-corrected chi connectivity index (χ0v) is 21.5. The van der Waals surface area contributed by atoms with E-state index in [2.05, 4.69) is 28.8 Å². The lowest BCUT2D eigenvalue weighted by molar-refractivity contribution is -0.116. The van der Waals surface area contributed by atoms with Gasteiger partial charge in [0.25, 0.3) is 0 Å². The molecule has 1 atom stereocenters. The molecule has 0 spiro atoms. The molecule has 0 bridgehead atoms. The number of allylic oxidation sites excluding steroid dienone is 3. The number of nitrogens with zero attached hydrogens (tertiary/aromatic N) is 3. The van der Waals surface area contributed by atoms with Gasteiger partial charge in [0.05, 0.1) is 22.5 Å². The summed E-state index contributed by atoms with van der Waals surface area (Å²) >= 11 is 0. The lowest BCUT2D eigenvalue weighted by Crippen LogP contribution is -2.38. The highest BCUT2D eigenvalue weighted by Crippen LogP contribution is 2.47. The predicted molar refractivity (Wildman–Crippen MR) is 146 cm³/mol. The number of Topliss-reactive ketones (excluding diaryl/α,β-unsaturated/α-hetero) is 1. The van der Waals surface area contributed by atoms with E-state index in [0.717, 1.165) is 33.1 Å². The first kappa shape index (κ1) is 24.0. The third kappa shape index (κ3) is 3.53. The Morgan fingerprint density at radius 3 is 2.39 bits per heavy atom. The van der Waals surface area contributed by atoms with E-state index in [4.69, 9.17) is 10.9 Å². The molecule has 2 aliphatic rings. The van der Waals surface area contributed by atoms with Gasteiger partial charge in [0, 0.05) is 52.2 Å². The summed E-state index contributed by atoms with van der Waals surface area (Å²) < 4.78 is 25.7. The number of benzene rings is 3. The molecule has 3 aromatic carbocycles. The van der Waals surface area contributed by atoms with Gasteiger partial charge in [-0.05, 0) is 60.9 Å². The zero-order chi connectivity index (χ0) is 26.8. The van der Waals surface area contributed by atoms with Crippen LogP contribution in [0.3, 0.4) is 0 Å². The Balaban J connectivity index is 1.57. The number of para-hydroxylation sites is 1. The van der Waals surface area contributed by atoms with E-state index in [1.54, 1.807) is 17.0 Å². The smallest absolute Gasteiger partial charge is 0.238 e. The topological polar surface area (TPSA) is 135 Å². The summed E-state index contributed by atoms with van der Waals surface area (Å²) in [5, 5.41) is 17.7. The van der Waals surface area contributed by atoms with E-state index >= 15 is 0 Å². The van der Waals surface area contributed by atoms with Crippen molar-refractivity contribution >= 4 is 43.3 Å². The van der Waals surface area contributed by atoms with Gasteiger partial charge < -0.3 is 10.3 Å². The van der Waals surface area contributed by atoms with E-state index in [9.17, 15) is 18.5 Å². The average Bonchev–Trinajstić information content (AvgIpc) is 3.19. The van der Waals surface area contributed by atoms with E-state index in [1.807, 2.05) is 31.3 Å². The van der Waals surface area contributed by atoms with Crippen LogP contribution in [0, 0.1) is 11.3 Å². The standard InChI is InChI=1S/C29H25N5O3S/c1-33-23-6-3-2-5-20(23)21-15-17(9-14-24(21)33)27-22(16-30)29(31)34(25-7-4-8-26(35)28(25)27)18-10-12-19(13-11-18)38(32,36)37/h2-3,5-6,9-15,27H,4,7-8,31H2,1H3,(H2,32,36,37). The first-order chi connectivity index (χ1) is 18.2. The van der Waals surface area contributed by atoms with Crippen molar-refractivity contribution in [2.45, 2.75) is 30.1 Å². The van der Waals surface area contributed by atoms with Crippen LogP contribution in [-0.2, 0) is 21.9 Å². The molecule has 0 amide bonds. The third-order valence-electron chi connectivity index (χ3n) is 7.61. The molecule has 4 N–H and O–H groups in total. The van der Waals surface area contributed by atoms with E-state index < -0.39 is 15.9 Å². The van der Waals surface area contributed by atoms with Gasteiger partial charge >= 0.3 is 0 Å². The number of nitrogens with two attached hydrogens (primary N) is 2. The predicted octanol–water partition coefficient (Wildman–Crippen LogP) is 4.28. The molecule has 9 heteroatoms. The van der Waals surface area contributed by atoms with Crippen molar-refractivity contribution in [2.75, 3.05) is 4.90 Å². The number of hydrogen-bond acceptors (Lipinski definition) is 6. The summed E-state index contributed by atoms with van der Waals surface area (Å²) in [7, 11) is -1.85. The Morgan fingerprint density at radius 2 is 1.68 bits per heavy atom. The fraction of sp³-hybridized carbons (Fsp3) is 0.172. The molecule has 38 heavy (non-hydrogen) atoms. The molecule has 0 fully saturated rings. The average molecular weight is 524 g/mol. The molecule has 190 valence electrons. The van der Waals surface area contributed by atoms with Crippen LogP contribution in [0.5, 0.6) is 0 Å².